The fourth-order valence-electron chi connectivity index (χ4n) is 4.04. The first-order valence-electron chi connectivity index (χ1n) is 8.83. The smallest absolute Gasteiger partial charge is 0.410 e. The second-order valence-corrected chi connectivity index (χ2v) is 7.55. The standard InChI is InChI=1S/C19H25NO4S/c1-23-18(21)16-10-15-14(8-5-9-17(15)25)11-20(16)19(22)24-12-13-6-3-2-4-7-13/h2-4,6-7,14-17,25H,5,8-12H2,1H3/t14-,15+,16+,17-/m1/s1. The Hall–Kier alpha value is -1.69. The number of carbonyl (C=O) groups excluding carboxylic acids is 2. The van der Waals surface area contributed by atoms with Gasteiger partial charge in [0.15, 0.2) is 0 Å². The number of nitrogens with zero attached hydrogens (tertiary/aromatic N) is 1. The van der Waals surface area contributed by atoms with Crippen molar-refractivity contribution >= 4 is 24.7 Å². The van der Waals surface area contributed by atoms with E-state index in [9.17, 15) is 9.59 Å². The molecule has 1 saturated carbocycles. The maximum absolute atomic E-state index is 12.6. The van der Waals surface area contributed by atoms with E-state index in [1.54, 1.807) is 4.90 Å². The summed E-state index contributed by atoms with van der Waals surface area (Å²) in [4.78, 5) is 26.4. The van der Waals surface area contributed by atoms with Crippen LogP contribution in [-0.4, -0.2) is 41.9 Å². The van der Waals surface area contributed by atoms with Gasteiger partial charge in [-0.05, 0) is 36.7 Å². The van der Waals surface area contributed by atoms with Crippen LogP contribution in [0.4, 0.5) is 4.79 Å². The van der Waals surface area contributed by atoms with Crippen molar-refractivity contribution in [3.8, 4) is 0 Å². The van der Waals surface area contributed by atoms with Gasteiger partial charge in [-0.1, -0.05) is 36.8 Å². The van der Waals surface area contributed by atoms with Gasteiger partial charge in [0.05, 0.1) is 7.11 Å². The molecule has 2 fully saturated rings. The van der Waals surface area contributed by atoms with E-state index < -0.39 is 12.1 Å². The predicted octanol–water partition coefficient (Wildman–Crippen LogP) is 3.29. The van der Waals surface area contributed by atoms with E-state index in [0.717, 1.165) is 24.8 Å². The molecule has 0 bridgehead atoms. The number of likely N-dealkylation sites (tertiary alicyclic amines) is 1. The summed E-state index contributed by atoms with van der Waals surface area (Å²) < 4.78 is 10.4. The Labute approximate surface area is 154 Å². The highest BCUT2D eigenvalue weighted by Crippen LogP contribution is 2.41. The summed E-state index contributed by atoms with van der Waals surface area (Å²) in [5.74, 6) is 0.349. The number of ether oxygens (including phenoxy) is 2. The second-order valence-electron chi connectivity index (χ2n) is 6.89. The summed E-state index contributed by atoms with van der Waals surface area (Å²) in [6.07, 6.45) is 3.41. The highest BCUT2D eigenvalue weighted by molar-refractivity contribution is 7.81. The number of esters is 1. The molecular formula is C19H25NO4S. The lowest BCUT2D eigenvalue weighted by atomic mass is 9.72. The van der Waals surface area contributed by atoms with Gasteiger partial charge in [-0.2, -0.15) is 12.6 Å². The topological polar surface area (TPSA) is 55.8 Å². The van der Waals surface area contributed by atoms with Crippen molar-refractivity contribution in [2.45, 2.75) is 43.6 Å². The van der Waals surface area contributed by atoms with Crippen LogP contribution in [0.3, 0.4) is 0 Å². The average molecular weight is 363 g/mol. The Bertz CT molecular complexity index is 609. The molecule has 5 nitrogen and oxygen atoms in total. The van der Waals surface area contributed by atoms with Crippen LogP contribution in [0.1, 0.15) is 31.2 Å². The van der Waals surface area contributed by atoms with E-state index in [1.165, 1.54) is 7.11 Å². The van der Waals surface area contributed by atoms with E-state index >= 15 is 0 Å². The minimum absolute atomic E-state index is 0.202. The third kappa shape index (κ3) is 4.11. The lowest BCUT2D eigenvalue weighted by Gasteiger charge is -2.46. The molecular weight excluding hydrogens is 338 g/mol. The molecule has 1 aromatic rings. The number of fused-ring (bicyclic) bond motifs is 1. The Morgan fingerprint density at radius 3 is 2.72 bits per heavy atom. The van der Waals surface area contributed by atoms with Crippen LogP contribution >= 0.6 is 12.6 Å². The van der Waals surface area contributed by atoms with Crippen molar-refractivity contribution < 1.29 is 19.1 Å². The number of methoxy groups -OCH3 is 1. The van der Waals surface area contributed by atoms with E-state index in [2.05, 4.69) is 0 Å². The van der Waals surface area contributed by atoms with Gasteiger partial charge in [0.25, 0.3) is 0 Å². The Kier molecular flexibility index (Phi) is 5.89. The Morgan fingerprint density at radius 2 is 2.00 bits per heavy atom. The second kappa shape index (κ2) is 8.13. The number of hydrogen-bond acceptors (Lipinski definition) is 5. The molecule has 1 saturated heterocycles. The lowest BCUT2D eigenvalue weighted by Crippen LogP contribution is -2.56. The first kappa shape index (κ1) is 18.1. The van der Waals surface area contributed by atoms with Crippen LogP contribution in [-0.2, 0) is 20.9 Å². The van der Waals surface area contributed by atoms with Gasteiger partial charge in [-0.3, -0.25) is 4.90 Å². The van der Waals surface area contributed by atoms with Gasteiger partial charge >= 0.3 is 12.1 Å². The van der Waals surface area contributed by atoms with Gasteiger partial charge in [0, 0.05) is 11.8 Å². The summed E-state index contributed by atoms with van der Waals surface area (Å²) in [5.41, 5.74) is 0.924. The van der Waals surface area contributed by atoms with E-state index in [-0.39, 0.29) is 17.8 Å². The Morgan fingerprint density at radius 1 is 1.24 bits per heavy atom. The quantitative estimate of drug-likeness (QED) is 0.661. The van der Waals surface area contributed by atoms with Crippen LogP contribution in [0.25, 0.3) is 0 Å². The molecule has 1 amide bonds. The van der Waals surface area contributed by atoms with Gasteiger partial charge in [0.1, 0.15) is 12.6 Å². The maximum atomic E-state index is 12.6. The molecule has 4 atom stereocenters. The van der Waals surface area contributed by atoms with Gasteiger partial charge in [-0.15, -0.1) is 0 Å². The minimum atomic E-state index is -0.581. The maximum Gasteiger partial charge on any atom is 0.410 e. The molecule has 0 unspecified atom stereocenters. The van der Waals surface area contributed by atoms with Crippen LogP contribution in [0.15, 0.2) is 30.3 Å². The number of piperidine rings is 1. The monoisotopic (exact) mass is 363 g/mol. The van der Waals surface area contributed by atoms with E-state index in [4.69, 9.17) is 22.1 Å². The molecule has 0 spiro atoms. The molecule has 1 heterocycles. The van der Waals surface area contributed by atoms with Gasteiger partial charge in [0.2, 0.25) is 0 Å². The zero-order chi connectivity index (χ0) is 17.8. The molecule has 1 aliphatic carbocycles. The molecule has 6 heteroatoms. The van der Waals surface area contributed by atoms with Crippen molar-refractivity contribution in [2.24, 2.45) is 11.8 Å². The fourth-order valence-corrected chi connectivity index (χ4v) is 4.58. The number of benzene rings is 1. The molecule has 0 N–H and O–H groups in total. The lowest BCUT2D eigenvalue weighted by molar-refractivity contribution is -0.149. The Balaban J connectivity index is 1.70. The van der Waals surface area contributed by atoms with Crippen LogP contribution in [0, 0.1) is 11.8 Å². The van der Waals surface area contributed by atoms with Crippen molar-refractivity contribution in [3.63, 3.8) is 0 Å². The molecule has 2 aliphatic rings. The number of hydrogen-bond donors (Lipinski definition) is 1. The first-order chi connectivity index (χ1) is 12.1. The van der Waals surface area contributed by atoms with Crippen molar-refractivity contribution in [3.05, 3.63) is 35.9 Å². The summed E-state index contributed by atoms with van der Waals surface area (Å²) in [5, 5.41) is 0.286. The number of thiol groups is 1. The number of rotatable bonds is 3. The third-order valence-electron chi connectivity index (χ3n) is 5.39. The molecule has 3 rings (SSSR count). The zero-order valence-electron chi connectivity index (χ0n) is 14.5. The highest BCUT2D eigenvalue weighted by atomic mass is 32.1. The number of amides is 1. The van der Waals surface area contributed by atoms with Gasteiger partial charge in [-0.25, -0.2) is 9.59 Å². The average Bonchev–Trinajstić information content (AvgIpc) is 2.65. The summed E-state index contributed by atoms with van der Waals surface area (Å²) in [7, 11) is 1.36. The summed E-state index contributed by atoms with van der Waals surface area (Å²) in [6.45, 7) is 0.739. The fraction of sp³-hybridized carbons (Fsp3) is 0.579. The molecule has 25 heavy (non-hydrogen) atoms. The normalized spacial score (nSPS) is 28.8. The highest BCUT2D eigenvalue weighted by Gasteiger charge is 2.45. The molecule has 1 aromatic carbocycles. The molecule has 0 radical (unpaired) electrons. The summed E-state index contributed by atoms with van der Waals surface area (Å²) >= 11 is 4.71. The minimum Gasteiger partial charge on any atom is -0.467 e. The van der Waals surface area contributed by atoms with E-state index in [1.807, 2.05) is 30.3 Å². The first-order valence-corrected chi connectivity index (χ1v) is 9.35. The van der Waals surface area contributed by atoms with E-state index in [0.29, 0.717) is 24.8 Å². The largest absolute Gasteiger partial charge is 0.467 e. The van der Waals surface area contributed by atoms with Crippen molar-refractivity contribution in [1.82, 2.24) is 4.90 Å². The van der Waals surface area contributed by atoms with Crippen LogP contribution < -0.4 is 0 Å². The van der Waals surface area contributed by atoms with Crippen molar-refractivity contribution in [1.29, 1.82) is 0 Å². The van der Waals surface area contributed by atoms with Crippen LogP contribution in [0.2, 0.25) is 0 Å². The van der Waals surface area contributed by atoms with Crippen LogP contribution in [0.5, 0.6) is 0 Å². The summed E-state index contributed by atoms with van der Waals surface area (Å²) in [6, 6.07) is 8.96. The molecule has 0 aromatic heterocycles. The van der Waals surface area contributed by atoms with Gasteiger partial charge < -0.3 is 9.47 Å². The SMILES string of the molecule is COC(=O)[C@@H]1C[C@H]2[C@H](CCC[C@H]2S)CN1C(=O)OCc1ccccc1. The third-order valence-corrected chi connectivity index (χ3v) is 6.03. The zero-order valence-corrected chi connectivity index (χ0v) is 15.4. The molecule has 1 aliphatic heterocycles. The molecule has 136 valence electrons. The van der Waals surface area contributed by atoms with Crippen molar-refractivity contribution in [2.75, 3.05) is 13.7 Å². The predicted molar refractivity (Wildman–Crippen MR) is 97.4 cm³/mol. The number of carbonyl (C=O) groups is 2.